The van der Waals surface area contributed by atoms with Gasteiger partial charge >= 0.3 is 0 Å². The Morgan fingerprint density at radius 3 is 1.71 bits per heavy atom. The van der Waals surface area contributed by atoms with Crippen molar-refractivity contribution in [2.45, 2.75) is 26.8 Å². The van der Waals surface area contributed by atoms with Crippen molar-refractivity contribution in [3.8, 4) is 0 Å². The highest BCUT2D eigenvalue weighted by molar-refractivity contribution is 6.13. The fraction of sp³-hybridized carbons (Fsp3) is 1.00. The molecule has 0 aliphatic carbocycles. The van der Waals surface area contributed by atoms with Crippen LogP contribution in [0.1, 0.15) is 20.8 Å². The van der Waals surface area contributed by atoms with E-state index in [4.69, 9.17) is 11.8 Å². The zero-order valence-electron chi connectivity index (χ0n) is 5.03. The van der Waals surface area contributed by atoms with E-state index in [-0.39, 0.29) is 0 Å². The number of hydrogen-bond donors (Lipinski definition) is 1. The van der Waals surface area contributed by atoms with Crippen LogP contribution in [0.4, 0.5) is 0 Å². The second-order valence-corrected chi connectivity index (χ2v) is 2.36. The highest BCUT2D eigenvalue weighted by atomic mass is 35.5. The van der Waals surface area contributed by atoms with Gasteiger partial charge in [-0.3, -0.25) is 0 Å². The Kier molecular flexibility index (Phi) is 3.39. The van der Waals surface area contributed by atoms with E-state index < -0.39 is 0 Å². The average molecular weight is 122 g/mol. The Bertz CT molecular complexity index is 45.3. The van der Waals surface area contributed by atoms with E-state index in [0.29, 0.717) is 12.0 Å². The molecule has 0 amide bonds. The summed E-state index contributed by atoms with van der Waals surface area (Å²) in [6, 6.07) is 0.418. The van der Waals surface area contributed by atoms with E-state index in [1.807, 2.05) is 0 Å². The van der Waals surface area contributed by atoms with Crippen molar-refractivity contribution in [2.24, 2.45) is 5.92 Å². The maximum absolute atomic E-state index is 5.30. The van der Waals surface area contributed by atoms with Gasteiger partial charge in [-0.1, -0.05) is 13.8 Å². The minimum absolute atomic E-state index is 0.418. The van der Waals surface area contributed by atoms with Crippen molar-refractivity contribution in [2.75, 3.05) is 0 Å². The molecule has 1 nitrogen and oxygen atoms in total. The molecule has 1 atom stereocenters. The standard InChI is InChI=1S/C5H12ClN/c1-4(2)5(3)7-6/h4-5,7H,1-3H3. The smallest absolute Gasteiger partial charge is 0.0215 e. The Morgan fingerprint density at radius 2 is 1.71 bits per heavy atom. The first kappa shape index (κ1) is 7.25. The molecule has 44 valence electrons. The van der Waals surface area contributed by atoms with Gasteiger partial charge in [0, 0.05) is 6.04 Å². The number of hydrogen-bond acceptors (Lipinski definition) is 1. The Hall–Kier alpha value is 0.250. The van der Waals surface area contributed by atoms with E-state index in [0.717, 1.165) is 0 Å². The zero-order valence-corrected chi connectivity index (χ0v) is 5.79. The van der Waals surface area contributed by atoms with E-state index >= 15 is 0 Å². The number of halogens is 1. The third kappa shape index (κ3) is 2.89. The average Bonchev–Trinajstić information content (AvgIpc) is 1.65. The summed E-state index contributed by atoms with van der Waals surface area (Å²) < 4.78 is 0. The van der Waals surface area contributed by atoms with Crippen LogP contribution in [-0.2, 0) is 0 Å². The SMILES string of the molecule is CC(C)C(C)NCl. The molecule has 1 N–H and O–H groups in total. The van der Waals surface area contributed by atoms with Gasteiger partial charge in [0.2, 0.25) is 0 Å². The molecule has 0 rings (SSSR count). The molecule has 0 saturated carbocycles. The molecule has 7 heavy (non-hydrogen) atoms. The van der Waals surface area contributed by atoms with Gasteiger partial charge in [-0.15, -0.1) is 0 Å². The van der Waals surface area contributed by atoms with Crippen molar-refractivity contribution >= 4 is 11.8 Å². The summed E-state index contributed by atoms with van der Waals surface area (Å²) in [5.41, 5.74) is 0. The minimum Gasteiger partial charge on any atom is -0.230 e. The van der Waals surface area contributed by atoms with Crippen molar-refractivity contribution < 1.29 is 0 Å². The monoisotopic (exact) mass is 121 g/mol. The lowest BCUT2D eigenvalue weighted by Gasteiger charge is -2.10. The van der Waals surface area contributed by atoms with Gasteiger partial charge in [0.15, 0.2) is 0 Å². The highest BCUT2D eigenvalue weighted by Crippen LogP contribution is 1.98. The van der Waals surface area contributed by atoms with Gasteiger partial charge < -0.3 is 0 Å². The molecule has 0 heterocycles. The van der Waals surface area contributed by atoms with Crippen molar-refractivity contribution in [3.05, 3.63) is 0 Å². The normalized spacial score (nSPS) is 15.0. The third-order valence-electron chi connectivity index (χ3n) is 1.17. The lowest BCUT2D eigenvalue weighted by Crippen LogP contribution is -2.22. The molecule has 0 aliphatic heterocycles. The van der Waals surface area contributed by atoms with Gasteiger partial charge in [0.25, 0.3) is 0 Å². The van der Waals surface area contributed by atoms with Crippen LogP contribution in [0, 0.1) is 5.92 Å². The minimum atomic E-state index is 0.418. The summed E-state index contributed by atoms with van der Waals surface area (Å²) >= 11 is 5.30. The van der Waals surface area contributed by atoms with Crippen molar-refractivity contribution in [3.63, 3.8) is 0 Å². The van der Waals surface area contributed by atoms with Crippen LogP contribution >= 0.6 is 11.8 Å². The lowest BCUT2D eigenvalue weighted by atomic mass is 10.1. The predicted molar refractivity (Wildman–Crippen MR) is 33.3 cm³/mol. The largest absolute Gasteiger partial charge is 0.230 e. The van der Waals surface area contributed by atoms with Gasteiger partial charge in [0.05, 0.1) is 0 Å². The molecule has 0 aromatic rings. The first-order valence-electron chi connectivity index (χ1n) is 2.54. The molecule has 1 unspecified atom stereocenters. The lowest BCUT2D eigenvalue weighted by molar-refractivity contribution is 0.498. The Balaban J connectivity index is 3.14. The summed E-state index contributed by atoms with van der Waals surface area (Å²) in [4.78, 5) is 2.64. The summed E-state index contributed by atoms with van der Waals surface area (Å²) in [5.74, 6) is 0.623. The molecule has 0 fully saturated rings. The molecule has 2 heteroatoms. The number of rotatable bonds is 2. The first-order chi connectivity index (χ1) is 3.18. The van der Waals surface area contributed by atoms with E-state index in [9.17, 15) is 0 Å². The quantitative estimate of drug-likeness (QED) is 0.550. The molecule has 0 spiro atoms. The maximum Gasteiger partial charge on any atom is 0.0215 e. The summed E-state index contributed by atoms with van der Waals surface area (Å²) in [7, 11) is 0. The molecule has 0 aromatic carbocycles. The van der Waals surface area contributed by atoms with Crippen LogP contribution in [0.3, 0.4) is 0 Å². The molecule has 0 saturated heterocycles. The molecule has 0 bridgehead atoms. The van der Waals surface area contributed by atoms with E-state index in [1.54, 1.807) is 0 Å². The van der Waals surface area contributed by atoms with Crippen LogP contribution in [-0.4, -0.2) is 6.04 Å². The van der Waals surface area contributed by atoms with Gasteiger partial charge in [-0.05, 0) is 24.6 Å². The van der Waals surface area contributed by atoms with Crippen LogP contribution in [0.15, 0.2) is 0 Å². The van der Waals surface area contributed by atoms with Gasteiger partial charge in [-0.25, -0.2) is 4.84 Å². The topological polar surface area (TPSA) is 12.0 Å². The van der Waals surface area contributed by atoms with Crippen LogP contribution in [0.5, 0.6) is 0 Å². The number of nitrogens with one attached hydrogen (secondary N) is 1. The fourth-order valence-electron chi connectivity index (χ4n) is 0.126. The van der Waals surface area contributed by atoms with Crippen LogP contribution in [0.2, 0.25) is 0 Å². The molecular weight excluding hydrogens is 110 g/mol. The molecule has 0 radical (unpaired) electrons. The van der Waals surface area contributed by atoms with Crippen LogP contribution < -0.4 is 4.84 Å². The second-order valence-electron chi connectivity index (χ2n) is 2.14. The van der Waals surface area contributed by atoms with Crippen molar-refractivity contribution in [1.29, 1.82) is 0 Å². The summed E-state index contributed by atoms with van der Waals surface area (Å²) in [5, 5.41) is 0. The van der Waals surface area contributed by atoms with Gasteiger partial charge in [-0.2, -0.15) is 0 Å². The Morgan fingerprint density at radius 1 is 1.29 bits per heavy atom. The molecular formula is C5H12ClN. The first-order valence-corrected chi connectivity index (χ1v) is 2.92. The van der Waals surface area contributed by atoms with Gasteiger partial charge in [0.1, 0.15) is 0 Å². The predicted octanol–water partition coefficient (Wildman–Crippen LogP) is 1.77. The van der Waals surface area contributed by atoms with E-state index in [1.165, 1.54) is 0 Å². The summed E-state index contributed by atoms with van der Waals surface area (Å²) in [6.45, 7) is 6.30. The highest BCUT2D eigenvalue weighted by Gasteiger charge is 2.01. The fourth-order valence-corrected chi connectivity index (χ4v) is 0.378. The Labute approximate surface area is 50.2 Å². The van der Waals surface area contributed by atoms with Crippen LogP contribution in [0.25, 0.3) is 0 Å². The molecule has 0 aromatic heterocycles. The molecule has 0 aliphatic rings. The summed E-state index contributed by atoms with van der Waals surface area (Å²) in [6.07, 6.45) is 0. The zero-order chi connectivity index (χ0) is 5.86. The maximum atomic E-state index is 5.30. The van der Waals surface area contributed by atoms with Crippen molar-refractivity contribution in [1.82, 2.24) is 4.84 Å². The second kappa shape index (κ2) is 3.28. The van der Waals surface area contributed by atoms with E-state index in [2.05, 4.69) is 25.6 Å². The third-order valence-corrected chi connectivity index (χ3v) is 1.52.